The van der Waals surface area contributed by atoms with E-state index in [0.717, 1.165) is 18.7 Å². The third kappa shape index (κ3) is 5.73. The van der Waals surface area contributed by atoms with Crippen LogP contribution in [0.5, 0.6) is 0 Å². The van der Waals surface area contributed by atoms with Gasteiger partial charge in [-0.2, -0.15) is 0 Å². The third-order valence-electron chi connectivity index (χ3n) is 6.53. The van der Waals surface area contributed by atoms with E-state index in [0.29, 0.717) is 76.1 Å². The summed E-state index contributed by atoms with van der Waals surface area (Å²) in [6.45, 7) is 10.5. The summed E-state index contributed by atoms with van der Waals surface area (Å²) in [4.78, 5) is 29.4. The highest BCUT2D eigenvalue weighted by molar-refractivity contribution is 5.91. The van der Waals surface area contributed by atoms with Gasteiger partial charge in [0.25, 0.3) is 5.91 Å². The van der Waals surface area contributed by atoms with Crippen molar-refractivity contribution in [1.82, 2.24) is 14.4 Å². The van der Waals surface area contributed by atoms with E-state index in [1.165, 1.54) is 0 Å². The minimum Gasteiger partial charge on any atom is -0.454 e. The molecule has 0 unspecified atom stereocenters. The summed E-state index contributed by atoms with van der Waals surface area (Å²) in [7, 11) is 0. The van der Waals surface area contributed by atoms with Gasteiger partial charge in [0.1, 0.15) is 5.76 Å². The van der Waals surface area contributed by atoms with Gasteiger partial charge in [-0.1, -0.05) is 20.8 Å². The molecule has 0 atom stereocenters. The quantitative estimate of drug-likeness (QED) is 0.555. The predicted molar refractivity (Wildman–Crippen MR) is 127 cm³/mol. The molecule has 0 aliphatic carbocycles. The van der Waals surface area contributed by atoms with Crippen LogP contribution in [-0.4, -0.2) is 64.8 Å². The van der Waals surface area contributed by atoms with Crippen LogP contribution in [0.15, 0.2) is 34.9 Å². The highest BCUT2D eigenvalue weighted by Crippen LogP contribution is 2.32. The van der Waals surface area contributed by atoms with Crippen LogP contribution in [0.1, 0.15) is 68.5 Å². The first kappa shape index (κ1) is 24.5. The SMILES string of the molecule is CCCN(Cc1cccn1Cc1ccc(C(=O)N2CCC3(CC2)OCCO3)o1)C(=O)CC(C)C. The smallest absolute Gasteiger partial charge is 0.289 e. The Morgan fingerprint density at radius 3 is 2.53 bits per heavy atom. The fourth-order valence-electron chi connectivity index (χ4n) is 4.72. The van der Waals surface area contributed by atoms with E-state index < -0.39 is 5.79 Å². The van der Waals surface area contributed by atoms with Gasteiger partial charge in [-0.15, -0.1) is 0 Å². The van der Waals surface area contributed by atoms with E-state index in [9.17, 15) is 9.59 Å². The molecule has 4 heterocycles. The molecular weight excluding hydrogens is 434 g/mol. The van der Waals surface area contributed by atoms with E-state index in [1.807, 2.05) is 34.2 Å². The monoisotopic (exact) mass is 471 g/mol. The van der Waals surface area contributed by atoms with Crippen LogP contribution in [0.3, 0.4) is 0 Å². The first-order valence-corrected chi connectivity index (χ1v) is 12.5. The summed E-state index contributed by atoms with van der Waals surface area (Å²) in [6.07, 6.45) is 4.83. The zero-order chi connectivity index (χ0) is 24.1. The Morgan fingerprint density at radius 1 is 1.12 bits per heavy atom. The van der Waals surface area contributed by atoms with Crippen LogP contribution in [0, 0.1) is 5.92 Å². The summed E-state index contributed by atoms with van der Waals surface area (Å²) in [5, 5.41) is 0. The Labute approximate surface area is 201 Å². The van der Waals surface area contributed by atoms with Gasteiger partial charge >= 0.3 is 0 Å². The molecule has 0 N–H and O–H groups in total. The van der Waals surface area contributed by atoms with Gasteiger partial charge in [-0.05, 0) is 36.6 Å². The van der Waals surface area contributed by atoms with Crippen molar-refractivity contribution in [1.29, 1.82) is 0 Å². The van der Waals surface area contributed by atoms with Crippen molar-refractivity contribution in [3.63, 3.8) is 0 Å². The van der Waals surface area contributed by atoms with Gasteiger partial charge in [0.2, 0.25) is 5.91 Å². The van der Waals surface area contributed by atoms with Crippen molar-refractivity contribution in [3.8, 4) is 0 Å². The lowest BCUT2D eigenvalue weighted by Gasteiger charge is -2.37. The summed E-state index contributed by atoms with van der Waals surface area (Å²) >= 11 is 0. The Bertz CT molecular complexity index is 963. The van der Waals surface area contributed by atoms with Crippen LogP contribution >= 0.6 is 0 Å². The number of furan rings is 1. The van der Waals surface area contributed by atoms with Crippen molar-refractivity contribution < 1.29 is 23.5 Å². The molecule has 2 aromatic rings. The summed E-state index contributed by atoms with van der Waals surface area (Å²) < 4.78 is 19.5. The van der Waals surface area contributed by atoms with Crippen molar-refractivity contribution >= 4 is 11.8 Å². The number of hydrogen-bond acceptors (Lipinski definition) is 5. The number of ether oxygens (including phenoxy) is 2. The maximum Gasteiger partial charge on any atom is 0.289 e. The molecule has 34 heavy (non-hydrogen) atoms. The Kier molecular flexibility index (Phi) is 7.78. The topological polar surface area (TPSA) is 77.2 Å². The van der Waals surface area contributed by atoms with Crippen LogP contribution < -0.4 is 0 Å². The minimum atomic E-state index is -0.502. The van der Waals surface area contributed by atoms with Crippen molar-refractivity contribution in [2.24, 2.45) is 5.92 Å². The lowest BCUT2D eigenvalue weighted by atomic mass is 10.0. The molecule has 2 aromatic heterocycles. The standard InChI is InChI=1S/C26H37N3O5/c1-4-11-29(24(30)17-20(2)3)18-21-6-5-12-28(21)19-22-7-8-23(34-22)25(31)27-13-9-26(10-14-27)32-15-16-33-26/h5-8,12,20H,4,9-11,13-19H2,1-3H3. The maximum absolute atomic E-state index is 13.0. The molecule has 1 spiro atoms. The lowest BCUT2D eigenvalue weighted by molar-refractivity contribution is -0.181. The molecule has 0 aromatic carbocycles. The normalized spacial score (nSPS) is 17.6. The Hall–Kier alpha value is -2.58. The summed E-state index contributed by atoms with van der Waals surface area (Å²) in [5.74, 6) is 0.992. The zero-order valence-corrected chi connectivity index (χ0v) is 20.6. The van der Waals surface area contributed by atoms with Crippen molar-refractivity contribution in [2.45, 2.75) is 65.3 Å². The lowest BCUT2D eigenvalue weighted by Crippen LogP contribution is -2.47. The Balaban J connectivity index is 1.37. The van der Waals surface area contributed by atoms with E-state index in [4.69, 9.17) is 13.9 Å². The van der Waals surface area contributed by atoms with Gasteiger partial charge in [-0.3, -0.25) is 9.59 Å². The first-order valence-electron chi connectivity index (χ1n) is 12.5. The van der Waals surface area contributed by atoms with Crippen LogP contribution in [0.2, 0.25) is 0 Å². The second kappa shape index (κ2) is 10.8. The molecule has 2 amide bonds. The molecular formula is C26H37N3O5. The molecule has 0 bridgehead atoms. The van der Waals surface area contributed by atoms with Gasteiger partial charge in [0.05, 0.1) is 26.3 Å². The van der Waals surface area contributed by atoms with Crippen molar-refractivity contribution in [3.05, 3.63) is 47.7 Å². The number of amides is 2. The molecule has 186 valence electrons. The predicted octanol–water partition coefficient (Wildman–Crippen LogP) is 3.89. The minimum absolute atomic E-state index is 0.0970. The second-order valence-electron chi connectivity index (χ2n) is 9.71. The first-order chi connectivity index (χ1) is 16.4. The van der Waals surface area contributed by atoms with Crippen LogP contribution in [0.25, 0.3) is 0 Å². The van der Waals surface area contributed by atoms with Gasteiger partial charge in [0, 0.05) is 50.8 Å². The number of rotatable bonds is 9. The van der Waals surface area contributed by atoms with E-state index >= 15 is 0 Å². The average Bonchev–Trinajstić information content (AvgIpc) is 3.56. The summed E-state index contributed by atoms with van der Waals surface area (Å²) in [5.41, 5.74) is 1.05. The van der Waals surface area contributed by atoms with Gasteiger partial charge in [-0.25, -0.2) is 0 Å². The zero-order valence-electron chi connectivity index (χ0n) is 20.6. The fraction of sp³-hybridized carbons (Fsp3) is 0.615. The highest BCUT2D eigenvalue weighted by atomic mass is 16.7. The molecule has 8 heteroatoms. The molecule has 2 aliphatic heterocycles. The van der Waals surface area contributed by atoms with Crippen LogP contribution in [-0.2, 0) is 27.4 Å². The molecule has 2 saturated heterocycles. The number of aromatic nitrogens is 1. The second-order valence-corrected chi connectivity index (χ2v) is 9.71. The number of hydrogen-bond donors (Lipinski definition) is 0. The van der Waals surface area contributed by atoms with Crippen LogP contribution in [0.4, 0.5) is 0 Å². The number of piperidine rings is 1. The number of nitrogens with zero attached hydrogens (tertiary/aromatic N) is 3. The number of likely N-dealkylation sites (tertiary alicyclic amines) is 1. The van der Waals surface area contributed by atoms with Crippen molar-refractivity contribution in [2.75, 3.05) is 32.8 Å². The fourth-order valence-corrected chi connectivity index (χ4v) is 4.72. The Morgan fingerprint density at radius 2 is 1.85 bits per heavy atom. The molecule has 8 nitrogen and oxygen atoms in total. The third-order valence-corrected chi connectivity index (χ3v) is 6.53. The average molecular weight is 472 g/mol. The molecule has 2 aliphatic rings. The molecule has 0 radical (unpaired) electrons. The number of carbonyl (C=O) groups excluding carboxylic acids is 2. The number of carbonyl (C=O) groups is 2. The molecule has 4 rings (SSSR count). The van der Waals surface area contributed by atoms with E-state index in [-0.39, 0.29) is 11.8 Å². The van der Waals surface area contributed by atoms with E-state index in [2.05, 4.69) is 25.3 Å². The molecule has 2 fully saturated rings. The summed E-state index contributed by atoms with van der Waals surface area (Å²) in [6, 6.07) is 7.64. The largest absolute Gasteiger partial charge is 0.454 e. The molecule has 0 saturated carbocycles. The van der Waals surface area contributed by atoms with Gasteiger partial charge < -0.3 is 28.3 Å². The van der Waals surface area contributed by atoms with E-state index in [1.54, 1.807) is 6.07 Å². The maximum atomic E-state index is 13.0. The van der Waals surface area contributed by atoms with Gasteiger partial charge in [0.15, 0.2) is 11.5 Å². The highest BCUT2D eigenvalue weighted by Gasteiger charge is 2.41.